The van der Waals surface area contributed by atoms with Crippen LogP contribution in [0, 0.1) is 0 Å². The molecule has 1 aliphatic carbocycles. The molecular formula is C12H23NO. The molecule has 0 saturated heterocycles. The average Bonchev–Trinajstić information content (AvgIpc) is 2.25. The zero-order chi connectivity index (χ0) is 10.2. The Morgan fingerprint density at radius 1 is 1.29 bits per heavy atom. The fraction of sp³-hybridized carbons (Fsp3) is 0.833. The number of aliphatic hydroxyl groups is 1. The fourth-order valence-corrected chi connectivity index (χ4v) is 2.24. The van der Waals surface area contributed by atoms with Gasteiger partial charge in [0, 0.05) is 19.1 Å². The summed E-state index contributed by atoms with van der Waals surface area (Å²) in [4.78, 5) is 2.42. The van der Waals surface area contributed by atoms with Gasteiger partial charge >= 0.3 is 0 Å². The van der Waals surface area contributed by atoms with Crippen LogP contribution in [0.1, 0.15) is 39.0 Å². The number of rotatable bonds is 5. The maximum atomic E-state index is 9.00. The first-order valence-corrected chi connectivity index (χ1v) is 5.84. The molecule has 82 valence electrons. The van der Waals surface area contributed by atoms with Gasteiger partial charge in [0.25, 0.3) is 0 Å². The van der Waals surface area contributed by atoms with Gasteiger partial charge in [0.1, 0.15) is 0 Å². The van der Waals surface area contributed by atoms with E-state index in [0.717, 1.165) is 13.1 Å². The lowest BCUT2D eigenvalue weighted by atomic mass is 9.94. The van der Waals surface area contributed by atoms with Crippen molar-refractivity contribution in [3.05, 3.63) is 12.2 Å². The van der Waals surface area contributed by atoms with Crippen LogP contribution in [0.5, 0.6) is 0 Å². The summed E-state index contributed by atoms with van der Waals surface area (Å²) in [6, 6.07) is 0.715. The topological polar surface area (TPSA) is 23.5 Å². The molecule has 0 aromatic carbocycles. The molecule has 0 bridgehead atoms. The Balaban J connectivity index is 2.38. The Hall–Kier alpha value is -0.340. The van der Waals surface area contributed by atoms with Crippen molar-refractivity contribution < 1.29 is 5.11 Å². The number of hydrogen-bond acceptors (Lipinski definition) is 2. The highest BCUT2D eigenvalue weighted by atomic mass is 16.3. The average molecular weight is 197 g/mol. The van der Waals surface area contributed by atoms with Gasteiger partial charge in [-0.2, -0.15) is 0 Å². The van der Waals surface area contributed by atoms with Gasteiger partial charge in [-0.1, -0.05) is 31.4 Å². The van der Waals surface area contributed by atoms with Crippen LogP contribution in [-0.2, 0) is 0 Å². The molecule has 0 aromatic rings. The SMILES string of the molecule is CC=CCN(CCO)C1CCCCC1. The highest BCUT2D eigenvalue weighted by Crippen LogP contribution is 2.22. The smallest absolute Gasteiger partial charge is 0.0558 e. The van der Waals surface area contributed by atoms with Crippen molar-refractivity contribution in [1.29, 1.82) is 0 Å². The van der Waals surface area contributed by atoms with Gasteiger partial charge in [0.2, 0.25) is 0 Å². The molecule has 1 rings (SSSR count). The fourth-order valence-electron chi connectivity index (χ4n) is 2.24. The first kappa shape index (κ1) is 11.7. The van der Waals surface area contributed by atoms with E-state index in [1.54, 1.807) is 0 Å². The molecule has 0 aliphatic heterocycles. The summed E-state index contributed by atoms with van der Waals surface area (Å²) in [5, 5.41) is 9.00. The lowest BCUT2D eigenvalue weighted by Gasteiger charge is -2.33. The molecule has 0 heterocycles. The van der Waals surface area contributed by atoms with E-state index >= 15 is 0 Å². The van der Waals surface area contributed by atoms with Crippen LogP contribution in [0.15, 0.2) is 12.2 Å². The third-order valence-corrected chi connectivity index (χ3v) is 3.05. The summed E-state index contributed by atoms with van der Waals surface area (Å²) in [6.45, 7) is 4.17. The summed E-state index contributed by atoms with van der Waals surface area (Å²) in [6.07, 6.45) is 11.0. The highest BCUT2D eigenvalue weighted by molar-refractivity contribution is 4.85. The number of allylic oxidation sites excluding steroid dienone is 1. The van der Waals surface area contributed by atoms with Gasteiger partial charge in [0.15, 0.2) is 0 Å². The third-order valence-electron chi connectivity index (χ3n) is 3.05. The molecule has 2 nitrogen and oxygen atoms in total. The van der Waals surface area contributed by atoms with Gasteiger partial charge in [-0.05, 0) is 19.8 Å². The van der Waals surface area contributed by atoms with E-state index in [2.05, 4.69) is 24.0 Å². The minimum absolute atomic E-state index is 0.286. The van der Waals surface area contributed by atoms with Crippen LogP contribution in [0.25, 0.3) is 0 Å². The number of aliphatic hydroxyl groups excluding tert-OH is 1. The first-order valence-electron chi connectivity index (χ1n) is 5.84. The van der Waals surface area contributed by atoms with Gasteiger partial charge in [-0.3, -0.25) is 4.90 Å². The zero-order valence-electron chi connectivity index (χ0n) is 9.28. The molecule has 1 saturated carbocycles. The highest BCUT2D eigenvalue weighted by Gasteiger charge is 2.19. The standard InChI is InChI=1S/C12H23NO/c1-2-3-9-13(10-11-14)12-7-5-4-6-8-12/h2-3,12,14H,4-11H2,1H3. The maximum absolute atomic E-state index is 9.00. The second kappa shape index (κ2) is 7.02. The largest absolute Gasteiger partial charge is 0.395 e. The van der Waals surface area contributed by atoms with Crippen LogP contribution in [0.2, 0.25) is 0 Å². The van der Waals surface area contributed by atoms with Gasteiger partial charge in [-0.25, -0.2) is 0 Å². The Morgan fingerprint density at radius 2 is 2.00 bits per heavy atom. The molecule has 14 heavy (non-hydrogen) atoms. The van der Waals surface area contributed by atoms with Crippen LogP contribution in [-0.4, -0.2) is 35.7 Å². The summed E-state index contributed by atoms with van der Waals surface area (Å²) >= 11 is 0. The van der Waals surface area contributed by atoms with E-state index in [1.807, 2.05) is 0 Å². The molecule has 0 aromatic heterocycles. The monoisotopic (exact) mass is 197 g/mol. The van der Waals surface area contributed by atoms with Crippen LogP contribution >= 0.6 is 0 Å². The Kier molecular flexibility index (Phi) is 5.88. The van der Waals surface area contributed by atoms with E-state index in [1.165, 1.54) is 32.1 Å². The van der Waals surface area contributed by atoms with Crippen LogP contribution in [0.4, 0.5) is 0 Å². The molecule has 0 radical (unpaired) electrons. The van der Waals surface area contributed by atoms with Crippen molar-refractivity contribution >= 4 is 0 Å². The molecule has 0 amide bonds. The van der Waals surface area contributed by atoms with Gasteiger partial charge in [0.05, 0.1) is 6.61 Å². The molecule has 0 spiro atoms. The predicted octanol–water partition coefficient (Wildman–Crippen LogP) is 2.19. The van der Waals surface area contributed by atoms with Crippen molar-refractivity contribution in [1.82, 2.24) is 4.90 Å². The molecule has 0 unspecified atom stereocenters. The lowest BCUT2D eigenvalue weighted by Crippen LogP contribution is -2.38. The normalized spacial score (nSPS) is 19.6. The van der Waals surface area contributed by atoms with Crippen LogP contribution in [0.3, 0.4) is 0 Å². The van der Waals surface area contributed by atoms with E-state index in [0.29, 0.717) is 6.04 Å². The maximum Gasteiger partial charge on any atom is 0.0558 e. The Morgan fingerprint density at radius 3 is 2.57 bits per heavy atom. The molecule has 1 N–H and O–H groups in total. The summed E-state index contributed by atoms with van der Waals surface area (Å²) in [5.74, 6) is 0. The summed E-state index contributed by atoms with van der Waals surface area (Å²) in [7, 11) is 0. The quantitative estimate of drug-likeness (QED) is 0.683. The minimum atomic E-state index is 0.286. The third kappa shape index (κ3) is 3.81. The predicted molar refractivity (Wildman–Crippen MR) is 60.3 cm³/mol. The second-order valence-electron chi connectivity index (χ2n) is 4.08. The van der Waals surface area contributed by atoms with E-state index < -0.39 is 0 Å². The van der Waals surface area contributed by atoms with E-state index in [-0.39, 0.29) is 6.61 Å². The van der Waals surface area contributed by atoms with Crippen molar-refractivity contribution in [2.24, 2.45) is 0 Å². The molecule has 1 aliphatic rings. The number of nitrogens with zero attached hydrogens (tertiary/aromatic N) is 1. The zero-order valence-corrected chi connectivity index (χ0v) is 9.28. The summed E-state index contributed by atoms with van der Waals surface area (Å²) < 4.78 is 0. The Labute approximate surface area is 87.6 Å². The lowest BCUT2D eigenvalue weighted by molar-refractivity contribution is 0.137. The van der Waals surface area contributed by atoms with Crippen LogP contribution < -0.4 is 0 Å². The summed E-state index contributed by atoms with van der Waals surface area (Å²) in [5.41, 5.74) is 0. The van der Waals surface area contributed by atoms with Crippen molar-refractivity contribution in [3.63, 3.8) is 0 Å². The van der Waals surface area contributed by atoms with Gasteiger partial charge in [-0.15, -0.1) is 0 Å². The van der Waals surface area contributed by atoms with Crippen molar-refractivity contribution in [3.8, 4) is 0 Å². The van der Waals surface area contributed by atoms with E-state index in [9.17, 15) is 0 Å². The Bertz CT molecular complexity index is 162. The first-order chi connectivity index (χ1) is 6.88. The van der Waals surface area contributed by atoms with Crippen molar-refractivity contribution in [2.45, 2.75) is 45.1 Å². The minimum Gasteiger partial charge on any atom is -0.395 e. The second-order valence-corrected chi connectivity index (χ2v) is 4.08. The molecule has 2 heteroatoms. The molecule has 0 atom stereocenters. The molecular weight excluding hydrogens is 174 g/mol. The van der Waals surface area contributed by atoms with E-state index in [4.69, 9.17) is 5.11 Å². The molecule has 1 fully saturated rings. The van der Waals surface area contributed by atoms with Gasteiger partial charge < -0.3 is 5.11 Å². The van der Waals surface area contributed by atoms with Crippen molar-refractivity contribution in [2.75, 3.05) is 19.7 Å². The number of hydrogen-bond donors (Lipinski definition) is 1.